The standard InChI is InChI=1S/C22H21ClF6N2O2/c23-19-17(8-14(21(24,25)26)9-18(19)20(30)32)13-6-4-12(5-7-13)11-31-15-2-1-3-16(10-15)33-22(27,28)29/h1-3,8-10,12-13,31H,4-7,11H2,(H2,30,32). The molecule has 3 rings (SSSR count). The second-order valence-corrected chi connectivity index (χ2v) is 8.34. The van der Waals surface area contributed by atoms with Crippen LogP contribution in [0.1, 0.15) is 53.1 Å². The van der Waals surface area contributed by atoms with Crippen molar-refractivity contribution >= 4 is 23.2 Å². The highest BCUT2D eigenvalue weighted by molar-refractivity contribution is 6.34. The van der Waals surface area contributed by atoms with Crippen molar-refractivity contribution in [3.63, 3.8) is 0 Å². The van der Waals surface area contributed by atoms with Crippen molar-refractivity contribution in [2.75, 3.05) is 11.9 Å². The molecule has 2 aromatic rings. The van der Waals surface area contributed by atoms with Crippen molar-refractivity contribution < 1.29 is 35.9 Å². The van der Waals surface area contributed by atoms with Gasteiger partial charge in [0.05, 0.1) is 16.1 Å². The zero-order valence-electron chi connectivity index (χ0n) is 17.2. The first-order valence-electron chi connectivity index (χ1n) is 10.1. The molecule has 1 amide bonds. The number of anilines is 1. The number of primary amides is 1. The molecule has 4 nitrogen and oxygen atoms in total. The van der Waals surface area contributed by atoms with Gasteiger partial charge >= 0.3 is 12.5 Å². The summed E-state index contributed by atoms with van der Waals surface area (Å²) in [4.78, 5) is 11.6. The Morgan fingerprint density at radius 2 is 1.73 bits per heavy atom. The van der Waals surface area contributed by atoms with Gasteiger partial charge in [-0.05, 0) is 67.3 Å². The van der Waals surface area contributed by atoms with Gasteiger partial charge in [-0.2, -0.15) is 13.2 Å². The second-order valence-electron chi connectivity index (χ2n) is 7.96. The van der Waals surface area contributed by atoms with Crippen LogP contribution in [0.2, 0.25) is 5.02 Å². The lowest BCUT2D eigenvalue weighted by Crippen LogP contribution is -2.22. The predicted molar refractivity (Wildman–Crippen MR) is 111 cm³/mol. The maximum absolute atomic E-state index is 13.3. The maximum Gasteiger partial charge on any atom is 0.573 e. The minimum absolute atomic E-state index is 0.0569. The summed E-state index contributed by atoms with van der Waals surface area (Å²) in [7, 11) is 0. The smallest absolute Gasteiger partial charge is 0.406 e. The van der Waals surface area contributed by atoms with Gasteiger partial charge in [0, 0.05) is 18.3 Å². The van der Waals surface area contributed by atoms with Gasteiger partial charge in [-0.3, -0.25) is 4.79 Å². The van der Waals surface area contributed by atoms with Gasteiger partial charge in [-0.1, -0.05) is 17.7 Å². The number of alkyl halides is 6. The minimum Gasteiger partial charge on any atom is -0.406 e. The molecule has 2 aromatic carbocycles. The van der Waals surface area contributed by atoms with E-state index in [9.17, 15) is 31.1 Å². The van der Waals surface area contributed by atoms with E-state index < -0.39 is 24.0 Å². The molecule has 3 N–H and O–H groups in total. The molecule has 180 valence electrons. The highest BCUT2D eigenvalue weighted by Crippen LogP contribution is 2.42. The van der Waals surface area contributed by atoms with Crippen LogP contribution < -0.4 is 15.8 Å². The molecule has 1 saturated carbocycles. The van der Waals surface area contributed by atoms with Gasteiger partial charge < -0.3 is 15.8 Å². The average molecular weight is 495 g/mol. The minimum atomic E-state index is -4.78. The average Bonchev–Trinajstić information content (AvgIpc) is 2.71. The summed E-state index contributed by atoms with van der Waals surface area (Å²) in [6.45, 7) is 0.477. The van der Waals surface area contributed by atoms with E-state index in [2.05, 4.69) is 10.1 Å². The summed E-state index contributed by atoms with van der Waals surface area (Å²) in [6.07, 6.45) is -7.01. The molecule has 1 fully saturated rings. The van der Waals surface area contributed by atoms with E-state index in [0.717, 1.165) is 6.07 Å². The van der Waals surface area contributed by atoms with Gasteiger partial charge in [0.15, 0.2) is 0 Å². The monoisotopic (exact) mass is 494 g/mol. The van der Waals surface area contributed by atoms with E-state index in [4.69, 9.17) is 17.3 Å². The highest BCUT2D eigenvalue weighted by Gasteiger charge is 2.35. The molecule has 0 aliphatic heterocycles. The quantitative estimate of drug-likeness (QED) is 0.437. The molecule has 0 heterocycles. The molecule has 33 heavy (non-hydrogen) atoms. The van der Waals surface area contributed by atoms with Gasteiger partial charge in [0.2, 0.25) is 5.91 Å². The molecule has 0 saturated heterocycles. The lowest BCUT2D eigenvalue weighted by atomic mass is 9.78. The first-order valence-corrected chi connectivity index (χ1v) is 10.5. The Morgan fingerprint density at radius 3 is 2.30 bits per heavy atom. The number of amides is 1. The van der Waals surface area contributed by atoms with Crippen LogP contribution in [-0.2, 0) is 6.18 Å². The molecule has 11 heteroatoms. The number of hydrogen-bond acceptors (Lipinski definition) is 3. The number of rotatable bonds is 6. The normalized spacial score (nSPS) is 19.2. The molecular weight excluding hydrogens is 474 g/mol. The van der Waals surface area contributed by atoms with Crippen molar-refractivity contribution in [3.8, 4) is 5.75 Å². The van der Waals surface area contributed by atoms with Crippen LogP contribution in [0.15, 0.2) is 36.4 Å². The summed E-state index contributed by atoms with van der Waals surface area (Å²) in [5.74, 6) is -1.46. The Bertz CT molecular complexity index is 1000. The third-order valence-corrected chi connectivity index (χ3v) is 6.06. The van der Waals surface area contributed by atoms with Crippen LogP contribution in [0.5, 0.6) is 5.75 Å². The van der Waals surface area contributed by atoms with Crippen LogP contribution in [0, 0.1) is 5.92 Å². The summed E-state index contributed by atoms with van der Waals surface area (Å²) in [6, 6.07) is 7.13. The van der Waals surface area contributed by atoms with Crippen molar-refractivity contribution in [1.29, 1.82) is 0 Å². The summed E-state index contributed by atoms with van der Waals surface area (Å²) >= 11 is 6.22. The van der Waals surface area contributed by atoms with E-state index in [1.807, 2.05) is 0 Å². The SMILES string of the molecule is NC(=O)c1cc(C(F)(F)F)cc(C2CCC(CNc3cccc(OC(F)(F)F)c3)CC2)c1Cl. The van der Waals surface area contributed by atoms with Crippen LogP contribution in [0.4, 0.5) is 32.0 Å². The second kappa shape index (κ2) is 9.70. The number of nitrogens with two attached hydrogens (primary N) is 1. The number of nitrogens with one attached hydrogen (secondary N) is 1. The molecular formula is C22H21ClF6N2O2. The van der Waals surface area contributed by atoms with E-state index in [1.165, 1.54) is 18.2 Å². The number of benzene rings is 2. The molecule has 0 bridgehead atoms. The summed E-state index contributed by atoms with van der Waals surface area (Å²) in [5.41, 5.74) is 4.61. The fraction of sp³-hybridized carbons (Fsp3) is 0.409. The van der Waals surface area contributed by atoms with Crippen molar-refractivity contribution in [1.82, 2.24) is 0 Å². The fourth-order valence-corrected chi connectivity index (χ4v) is 4.39. The van der Waals surface area contributed by atoms with Gasteiger partial charge in [0.1, 0.15) is 5.75 Å². The lowest BCUT2D eigenvalue weighted by Gasteiger charge is -2.30. The van der Waals surface area contributed by atoms with Crippen LogP contribution in [0.25, 0.3) is 0 Å². The Kier molecular flexibility index (Phi) is 7.36. The van der Waals surface area contributed by atoms with E-state index in [-0.39, 0.29) is 33.7 Å². The molecule has 0 unspecified atom stereocenters. The number of carbonyl (C=O) groups is 1. The summed E-state index contributed by atoms with van der Waals surface area (Å²) < 4.78 is 80.9. The Hall–Kier alpha value is -2.62. The largest absolute Gasteiger partial charge is 0.573 e. The number of halogens is 7. The third-order valence-electron chi connectivity index (χ3n) is 5.64. The van der Waals surface area contributed by atoms with E-state index in [1.54, 1.807) is 6.07 Å². The Morgan fingerprint density at radius 1 is 1.06 bits per heavy atom. The number of ether oxygens (including phenoxy) is 1. The number of carbonyl (C=O) groups excluding carboxylic acids is 1. The third kappa shape index (κ3) is 6.69. The molecule has 0 radical (unpaired) electrons. The Balaban J connectivity index is 1.64. The molecule has 1 aliphatic carbocycles. The van der Waals surface area contributed by atoms with E-state index in [0.29, 0.717) is 44.0 Å². The van der Waals surface area contributed by atoms with Gasteiger partial charge in [0.25, 0.3) is 0 Å². The molecule has 0 spiro atoms. The van der Waals surface area contributed by atoms with Crippen LogP contribution in [-0.4, -0.2) is 18.8 Å². The van der Waals surface area contributed by atoms with Crippen LogP contribution in [0.3, 0.4) is 0 Å². The maximum atomic E-state index is 13.3. The zero-order chi connectivity index (χ0) is 24.4. The van der Waals surface area contributed by atoms with Crippen molar-refractivity contribution in [2.45, 2.75) is 44.1 Å². The summed E-state index contributed by atoms with van der Waals surface area (Å²) in [5, 5.41) is 3.02. The van der Waals surface area contributed by atoms with E-state index >= 15 is 0 Å². The Labute approximate surface area is 191 Å². The molecule has 0 atom stereocenters. The highest BCUT2D eigenvalue weighted by atomic mass is 35.5. The first kappa shape index (κ1) is 25.0. The predicted octanol–water partition coefficient (Wildman–Crippen LogP) is 6.74. The van der Waals surface area contributed by atoms with Crippen LogP contribution >= 0.6 is 11.6 Å². The molecule has 0 aromatic heterocycles. The number of hydrogen-bond donors (Lipinski definition) is 2. The molecule has 1 aliphatic rings. The lowest BCUT2D eigenvalue weighted by molar-refractivity contribution is -0.274. The van der Waals surface area contributed by atoms with Crippen molar-refractivity contribution in [2.24, 2.45) is 11.7 Å². The first-order chi connectivity index (χ1) is 15.3. The van der Waals surface area contributed by atoms with Crippen molar-refractivity contribution in [3.05, 3.63) is 58.1 Å². The van der Waals surface area contributed by atoms with Gasteiger partial charge in [-0.25, -0.2) is 0 Å². The zero-order valence-corrected chi connectivity index (χ0v) is 17.9. The fourth-order valence-electron chi connectivity index (χ4n) is 4.03. The topological polar surface area (TPSA) is 64.4 Å². The van der Waals surface area contributed by atoms with Gasteiger partial charge in [-0.15, -0.1) is 13.2 Å².